The topological polar surface area (TPSA) is 48.4 Å². The molecular formula is C10H11F2NO3. The number of pyridine rings is 1. The number of methoxy groups -OCH3 is 2. The van der Waals surface area contributed by atoms with Crippen LogP contribution >= 0.6 is 0 Å². The molecule has 4 nitrogen and oxygen atoms in total. The summed E-state index contributed by atoms with van der Waals surface area (Å²) in [5, 5.41) is 0. The zero-order chi connectivity index (χ0) is 12.1. The molecule has 0 bridgehead atoms. The lowest BCUT2D eigenvalue weighted by Gasteiger charge is -2.08. The average molecular weight is 231 g/mol. The van der Waals surface area contributed by atoms with Gasteiger partial charge in [-0.05, 0) is 6.07 Å². The predicted molar refractivity (Wildman–Crippen MR) is 51.5 cm³/mol. The third-order valence-corrected chi connectivity index (χ3v) is 1.94. The Bertz CT molecular complexity index is 382. The quantitative estimate of drug-likeness (QED) is 0.740. The number of rotatable bonds is 4. The second-order valence-electron chi connectivity index (χ2n) is 2.96. The lowest BCUT2D eigenvalue weighted by molar-refractivity contribution is -0.139. The van der Waals surface area contributed by atoms with Crippen molar-refractivity contribution in [2.75, 3.05) is 14.2 Å². The first-order valence-electron chi connectivity index (χ1n) is 4.47. The standard InChI is InChI=1S/C10H11F2NO3/c1-15-8(14)5-6-3-4-7(9(11)12)13-10(6)16-2/h3-4,9H,5H2,1-2H3. The zero-order valence-electron chi connectivity index (χ0n) is 8.87. The highest BCUT2D eigenvalue weighted by molar-refractivity contribution is 5.73. The molecule has 1 heterocycles. The van der Waals surface area contributed by atoms with Crippen molar-refractivity contribution in [3.63, 3.8) is 0 Å². The number of carbonyl (C=O) groups is 1. The van der Waals surface area contributed by atoms with Gasteiger partial charge < -0.3 is 9.47 Å². The molecule has 0 aliphatic rings. The summed E-state index contributed by atoms with van der Waals surface area (Å²) in [5.41, 5.74) is 0.0317. The number of esters is 1. The van der Waals surface area contributed by atoms with E-state index in [0.717, 1.165) is 6.07 Å². The molecule has 6 heteroatoms. The van der Waals surface area contributed by atoms with Crippen molar-refractivity contribution in [2.45, 2.75) is 12.8 Å². The van der Waals surface area contributed by atoms with Crippen molar-refractivity contribution < 1.29 is 23.0 Å². The van der Waals surface area contributed by atoms with Crippen LogP contribution in [-0.2, 0) is 16.0 Å². The van der Waals surface area contributed by atoms with Gasteiger partial charge in [0.25, 0.3) is 6.43 Å². The molecule has 0 aliphatic heterocycles. The Morgan fingerprint density at radius 2 is 2.12 bits per heavy atom. The third-order valence-electron chi connectivity index (χ3n) is 1.94. The average Bonchev–Trinajstić information content (AvgIpc) is 2.29. The van der Waals surface area contributed by atoms with E-state index in [0.29, 0.717) is 5.56 Å². The highest BCUT2D eigenvalue weighted by Gasteiger charge is 2.15. The maximum Gasteiger partial charge on any atom is 0.310 e. The van der Waals surface area contributed by atoms with Crippen molar-refractivity contribution in [3.05, 3.63) is 23.4 Å². The van der Waals surface area contributed by atoms with Crippen LogP contribution in [0.15, 0.2) is 12.1 Å². The van der Waals surface area contributed by atoms with Crippen molar-refractivity contribution in [3.8, 4) is 5.88 Å². The molecule has 1 rings (SSSR count). The number of aromatic nitrogens is 1. The third kappa shape index (κ3) is 2.88. The van der Waals surface area contributed by atoms with Crippen molar-refractivity contribution in [2.24, 2.45) is 0 Å². The van der Waals surface area contributed by atoms with Crippen LogP contribution in [-0.4, -0.2) is 25.2 Å². The van der Waals surface area contributed by atoms with Gasteiger partial charge in [0.05, 0.1) is 20.6 Å². The first kappa shape index (κ1) is 12.4. The summed E-state index contributed by atoms with van der Waals surface area (Å²) < 4.78 is 34.0. The first-order valence-corrected chi connectivity index (χ1v) is 4.47. The molecule has 1 aromatic rings. The van der Waals surface area contributed by atoms with Crippen LogP contribution in [0.5, 0.6) is 5.88 Å². The van der Waals surface area contributed by atoms with E-state index in [2.05, 4.69) is 9.72 Å². The number of alkyl halides is 2. The fraction of sp³-hybridized carbons (Fsp3) is 0.400. The summed E-state index contributed by atoms with van der Waals surface area (Å²) in [6.45, 7) is 0. The fourth-order valence-electron chi connectivity index (χ4n) is 1.14. The van der Waals surface area contributed by atoms with Gasteiger partial charge in [-0.25, -0.2) is 13.8 Å². The van der Waals surface area contributed by atoms with E-state index in [1.807, 2.05) is 0 Å². The van der Waals surface area contributed by atoms with Gasteiger partial charge in [0, 0.05) is 5.56 Å². The van der Waals surface area contributed by atoms with E-state index in [-0.39, 0.29) is 18.0 Å². The molecule has 0 aromatic carbocycles. The maximum atomic E-state index is 12.3. The van der Waals surface area contributed by atoms with Gasteiger partial charge in [-0.1, -0.05) is 6.07 Å². The molecular weight excluding hydrogens is 220 g/mol. The fourth-order valence-corrected chi connectivity index (χ4v) is 1.14. The summed E-state index contributed by atoms with van der Waals surface area (Å²) in [4.78, 5) is 14.6. The van der Waals surface area contributed by atoms with E-state index in [9.17, 15) is 13.6 Å². The van der Waals surface area contributed by atoms with Gasteiger partial charge in [-0.2, -0.15) is 0 Å². The van der Waals surface area contributed by atoms with Crippen LogP contribution in [0.2, 0.25) is 0 Å². The Balaban J connectivity index is 2.97. The van der Waals surface area contributed by atoms with Gasteiger partial charge in [0.1, 0.15) is 5.69 Å². The van der Waals surface area contributed by atoms with Crippen LogP contribution < -0.4 is 4.74 Å². The number of ether oxygens (including phenoxy) is 2. The molecule has 0 saturated carbocycles. The second kappa shape index (κ2) is 5.39. The van der Waals surface area contributed by atoms with Crippen LogP contribution in [0.25, 0.3) is 0 Å². The van der Waals surface area contributed by atoms with Crippen LogP contribution in [0.4, 0.5) is 8.78 Å². The summed E-state index contributed by atoms with van der Waals surface area (Å²) >= 11 is 0. The Morgan fingerprint density at radius 1 is 1.44 bits per heavy atom. The SMILES string of the molecule is COC(=O)Cc1ccc(C(F)F)nc1OC. The molecule has 0 saturated heterocycles. The number of halogens is 2. The van der Waals surface area contributed by atoms with E-state index in [1.54, 1.807) is 0 Å². The largest absolute Gasteiger partial charge is 0.481 e. The molecule has 0 aliphatic carbocycles. The molecule has 0 amide bonds. The monoisotopic (exact) mass is 231 g/mol. The Kier molecular flexibility index (Phi) is 4.16. The molecule has 16 heavy (non-hydrogen) atoms. The Hall–Kier alpha value is -1.72. The molecule has 0 fully saturated rings. The van der Waals surface area contributed by atoms with E-state index < -0.39 is 12.4 Å². The highest BCUT2D eigenvalue weighted by Crippen LogP contribution is 2.22. The Labute approximate surface area is 91.2 Å². The number of nitrogens with zero attached hydrogens (tertiary/aromatic N) is 1. The normalized spacial score (nSPS) is 10.3. The van der Waals surface area contributed by atoms with Crippen LogP contribution in [0, 0.1) is 0 Å². The van der Waals surface area contributed by atoms with E-state index in [4.69, 9.17) is 4.74 Å². The minimum Gasteiger partial charge on any atom is -0.481 e. The lowest BCUT2D eigenvalue weighted by atomic mass is 10.2. The van der Waals surface area contributed by atoms with Crippen molar-refractivity contribution in [1.29, 1.82) is 0 Å². The van der Waals surface area contributed by atoms with Crippen LogP contribution in [0.3, 0.4) is 0 Å². The molecule has 0 atom stereocenters. The molecule has 0 radical (unpaired) electrons. The molecule has 1 aromatic heterocycles. The summed E-state index contributed by atoms with van der Waals surface area (Å²) in [6.07, 6.45) is -2.73. The Morgan fingerprint density at radius 3 is 2.62 bits per heavy atom. The molecule has 0 spiro atoms. The molecule has 88 valence electrons. The summed E-state index contributed by atoms with van der Waals surface area (Å²) in [7, 11) is 2.55. The second-order valence-corrected chi connectivity index (χ2v) is 2.96. The van der Waals surface area contributed by atoms with E-state index in [1.165, 1.54) is 20.3 Å². The van der Waals surface area contributed by atoms with Gasteiger partial charge in [-0.3, -0.25) is 4.79 Å². The number of hydrogen-bond donors (Lipinski definition) is 0. The lowest BCUT2D eigenvalue weighted by Crippen LogP contribution is -2.07. The van der Waals surface area contributed by atoms with Gasteiger partial charge in [0.15, 0.2) is 0 Å². The van der Waals surface area contributed by atoms with Gasteiger partial charge in [0.2, 0.25) is 5.88 Å². The number of hydrogen-bond acceptors (Lipinski definition) is 4. The number of carbonyl (C=O) groups excluding carboxylic acids is 1. The van der Waals surface area contributed by atoms with Crippen molar-refractivity contribution >= 4 is 5.97 Å². The van der Waals surface area contributed by atoms with Gasteiger partial charge in [-0.15, -0.1) is 0 Å². The predicted octanol–water partition coefficient (Wildman–Crippen LogP) is 1.74. The molecule has 0 unspecified atom stereocenters. The zero-order valence-corrected chi connectivity index (χ0v) is 8.87. The minimum absolute atomic E-state index is 0.0169. The van der Waals surface area contributed by atoms with E-state index >= 15 is 0 Å². The van der Waals surface area contributed by atoms with Crippen molar-refractivity contribution in [1.82, 2.24) is 4.98 Å². The minimum atomic E-state index is -2.67. The summed E-state index contributed by atoms with van der Waals surface area (Å²) in [5.74, 6) is -0.465. The smallest absolute Gasteiger partial charge is 0.310 e. The first-order chi connectivity index (χ1) is 7.58. The summed E-state index contributed by atoms with van der Waals surface area (Å²) in [6, 6.07) is 2.54. The highest BCUT2D eigenvalue weighted by atomic mass is 19.3. The maximum absolute atomic E-state index is 12.3. The van der Waals surface area contributed by atoms with Gasteiger partial charge >= 0.3 is 5.97 Å². The molecule has 0 N–H and O–H groups in total. The van der Waals surface area contributed by atoms with Crippen LogP contribution in [0.1, 0.15) is 17.7 Å².